The van der Waals surface area contributed by atoms with Crippen LogP contribution in [0.3, 0.4) is 0 Å². The Labute approximate surface area is 119 Å². The maximum absolute atomic E-state index is 5.27. The van der Waals surface area contributed by atoms with E-state index in [1.54, 1.807) is 7.11 Å². The van der Waals surface area contributed by atoms with E-state index >= 15 is 0 Å². The highest BCUT2D eigenvalue weighted by Crippen LogP contribution is 2.24. The highest BCUT2D eigenvalue weighted by Gasteiger charge is 2.10. The minimum absolute atomic E-state index is 0.586. The lowest BCUT2D eigenvalue weighted by Gasteiger charge is -2.18. The van der Waals surface area contributed by atoms with Crippen LogP contribution in [-0.4, -0.2) is 20.2 Å². The first-order chi connectivity index (χ1) is 8.56. The predicted molar refractivity (Wildman–Crippen MR) is 81.3 cm³/mol. The van der Waals surface area contributed by atoms with Crippen LogP contribution in [-0.2, 0) is 6.42 Å². The predicted octanol–water partition coefficient (Wildman–Crippen LogP) is 4.02. The smallest absolute Gasteiger partial charge is 0.119 e. The Morgan fingerprint density at radius 1 is 1.33 bits per heavy atom. The van der Waals surface area contributed by atoms with Crippen molar-refractivity contribution in [3.05, 3.63) is 28.2 Å². The first-order valence-corrected chi connectivity index (χ1v) is 7.35. The second-order valence-electron chi connectivity index (χ2n) is 5.11. The third kappa shape index (κ3) is 4.99. The largest absolute Gasteiger partial charge is 0.497 e. The van der Waals surface area contributed by atoms with Crippen molar-refractivity contribution >= 4 is 15.9 Å². The SMILES string of the molecule is CNC(CCc1cc(OC)ccc1Br)CC(C)C. The summed E-state index contributed by atoms with van der Waals surface area (Å²) in [5.41, 5.74) is 1.32. The number of nitrogens with one attached hydrogen (secondary N) is 1. The number of rotatable bonds is 7. The van der Waals surface area contributed by atoms with Gasteiger partial charge in [0.05, 0.1) is 7.11 Å². The van der Waals surface area contributed by atoms with Crippen LogP contribution >= 0.6 is 15.9 Å². The lowest BCUT2D eigenvalue weighted by atomic mass is 9.97. The van der Waals surface area contributed by atoms with E-state index in [-0.39, 0.29) is 0 Å². The molecule has 1 aromatic rings. The van der Waals surface area contributed by atoms with Gasteiger partial charge in [-0.05, 0) is 56.0 Å². The van der Waals surface area contributed by atoms with Crippen LogP contribution in [0.25, 0.3) is 0 Å². The molecule has 1 atom stereocenters. The highest BCUT2D eigenvalue weighted by molar-refractivity contribution is 9.10. The lowest BCUT2D eigenvalue weighted by Crippen LogP contribution is -2.27. The summed E-state index contributed by atoms with van der Waals surface area (Å²) in [4.78, 5) is 0. The van der Waals surface area contributed by atoms with E-state index in [4.69, 9.17) is 4.74 Å². The van der Waals surface area contributed by atoms with Crippen LogP contribution in [0.5, 0.6) is 5.75 Å². The number of methoxy groups -OCH3 is 1. The second kappa shape index (κ2) is 7.80. The second-order valence-corrected chi connectivity index (χ2v) is 5.97. The van der Waals surface area contributed by atoms with Crippen molar-refractivity contribution in [2.45, 2.75) is 39.2 Å². The number of hydrogen-bond donors (Lipinski definition) is 1. The van der Waals surface area contributed by atoms with Crippen molar-refractivity contribution in [3.8, 4) is 5.75 Å². The molecule has 3 heteroatoms. The van der Waals surface area contributed by atoms with Crippen LogP contribution in [0.15, 0.2) is 22.7 Å². The Balaban J connectivity index is 2.61. The third-order valence-corrected chi connectivity index (χ3v) is 3.95. The van der Waals surface area contributed by atoms with Gasteiger partial charge in [-0.2, -0.15) is 0 Å². The van der Waals surface area contributed by atoms with Gasteiger partial charge in [-0.15, -0.1) is 0 Å². The molecular weight excluding hydrogens is 290 g/mol. The van der Waals surface area contributed by atoms with E-state index in [9.17, 15) is 0 Å². The van der Waals surface area contributed by atoms with Crippen LogP contribution in [0.4, 0.5) is 0 Å². The van der Waals surface area contributed by atoms with E-state index in [0.717, 1.165) is 24.5 Å². The number of ether oxygens (including phenoxy) is 1. The lowest BCUT2D eigenvalue weighted by molar-refractivity contribution is 0.411. The van der Waals surface area contributed by atoms with Gasteiger partial charge in [-0.1, -0.05) is 29.8 Å². The normalized spacial score (nSPS) is 12.8. The number of benzene rings is 1. The molecule has 0 bridgehead atoms. The zero-order valence-electron chi connectivity index (χ0n) is 11.8. The first kappa shape index (κ1) is 15.5. The van der Waals surface area contributed by atoms with Crippen LogP contribution in [0, 0.1) is 5.92 Å². The summed E-state index contributed by atoms with van der Waals surface area (Å²) in [7, 11) is 3.76. The van der Waals surface area contributed by atoms with Crippen molar-refractivity contribution in [3.63, 3.8) is 0 Å². The van der Waals surface area contributed by atoms with Crippen molar-refractivity contribution < 1.29 is 4.74 Å². The maximum atomic E-state index is 5.27. The molecule has 1 rings (SSSR count). The molecule has 0 aliphatic carbocycles. The Kier molecular flexibility index (Phi) is 6.72. The number of hydrogen-bond acceptors (Lipinski definition) is 2. The fraction of sp³-hybridized carbons (Fsp3) is 0.600. The molecule has 2 nitrogen and oxygen atoms in total. The molecule has 0 aromatic heterocycles. The minimum Gasteiger partial charge on any atom is -0.497 e. The van der Waals surface area contributed by atoms with Crippen LogP contribution in [0.1, 0.15) is 32.3 Å². The third-order valence-electron chi connectivity index (χ3n) is 3.18. The zero-order chi connectivity index (χ0) is 13.5. The fourth-order valence-corrected chi connectivity index (χ4v) is 2.59. The summed E-state index contributed by atoms with van der Waals surface area (Å²) < 4.78 is 6.44. The van der Waals surface area contributed by atoms with E-state index in [0.29, 0.717) is 6.04 Å². The molecule has 0 saturated heterocycles. The van der Waals surface area contributed by atoms with Crippen molar-refractivity contribution in [2.24, 2.45) is 5.92 Å². The van der Waals surface area contributed by atoms with Gasteiger partial charge in [0, 0.05) is 10.5 Å². The molecule has 1 aromatic carbocycles. The van der Waals surface area contributed by atoms with Crippen molar-refractivity contribution in [1.82, 2.24) is 5.32 Å². The molecule has 0 spiro atoms. The minimum atomic E-state index is 0.586. The topological polar surface area (TPSA) is 21.3 Å². The molecule has 1 unspecified atom stereocenters. The van der Waals surface area contributed by atoms with Gasteiger partial charge in [-0.25, -0.2) is 0 Å². The number of aryl methyl sites for hydroxylation is 1. The molecule has 0 heterocycles. The molecule has 0 aliphatic rings. The summed E-state index contributed by atoms with van der Waals surface area (Å²) in [6.07, 6.45) is 3.44. The van der Waals surface area contributed by atoms with Gasteiger partial charge in [0.25, 0.3) is 0 Å². The van der Waals surface area contributed by atoms with Crippen LogP contribution < -0.4 is 10.1 Å². The quantitative estimate of drug-likeness (QED) is 0.820. The maximum Gasteiger partial charge on any atom is 0.119 e. The zero-order valence-corrected chi connectivity index (χ0v) is 13.4. The van der Waals surface area contributed by atoms with Crippen LogP contribution in [0.2, 0.25) is 0 Å². The van der Waals surface area contributed by atoms with Gasteiger partial charge in [0.2, 0.25) is 0 Å². The summed E-state index contributed by atoms with van der Waals surface area (Å²) in [5.74, 6) is 1.66. The molecule has 0 aliphatic heterocycles. The number of halogens is 1. The van der Waals surface area contributed by atoms with Gasteiger partial charge < -0.3 is 10.1 Å². The van der Waals surface area contributed by atoms with E-state index in [1.165, 1.54) is 16.5 Å². The standard InChI is InChI=1S/C15H24BrNO/c1-11(2)9-13(17-3)6-5-12-10-14(18-4)7-8-15(12)16/h7-8,10-11,13,17H,5-6,9H2,1-4H3. The average molecular weight is 314 g/mol. The Bertz CT molecular complexity index is 366. The Hall–Kier alpha value is -0.540. The molecule has 0 amide bonds. The molecule has 0 fully saturated rings. The summed E-state index contributed by atoms with van der Waals surface area (Å²) in [5, 5.41) is 3.41. The van der Waals surface area contributed by atoms with Gasteiger partial charge in [0.1, 0.15) is 5.75 Å². The molecule has 18 heavy (non-hydrogen) atoms. The van der Waals surface area contributed by atoms with E-state index < -0.39 is 0 Å². The average Bonchev–Trinajstić information content (AvgIpc) is 2.35. The van der Waals surface area contributed by atoms with E-state index in [2.05, 4.69) is 47.2 Å². The molecule has 102 valence electrons. The fourth-order valence-electron chi connectivity index (χ4n) is 2.15. The van der Waals surface area contributed by atoms with Crippen molar-refractivity contribution in [2.75, 3.05) is 14.2 Å². The molecule has 0 saturated carbocycles. The molecular formula is C15H24BrNO. The Morgan fingerprint density at radius 2 is 2.06 bits per heavy atom. The molecule has 0 radical (unpaired) electrons. The first-order valence-electron chi connectivity index (χ1n) is 6.56. The van der Waals surface area contributed by atoms with Gasteiger partial charge >= 0.3 is 0 Å². The summed E-state index contributed by atoms with van der Waals surface area (Å²) in [6, 6.07) is 6.75. The van der Waals surface area contributed by atoms with E-state index in [1.807, 2.05) is 13.1 Å². The van der Waals surface area contributed by atoms with Crippen molar-refractivity contribution in [1.29, 1.82) is 0 Å². The summed E-state index contributed by atoms with van der Waals surface area (Å²) >= 11 is 3.61. The summed E-state index contributed by atoms with van der Waals surface area (Å²) in [6.45, 7) is 4.54. The molecule has 1 N–H and O–H groups in total. The Morgan fingerprint density at radius 3 is 2.61 bits per heavy atom. The highest BCUT2D eigenvalue weighted by atomic mass is 79.9. The van der Waals surface area contributed by atoms with Gasteiger partial charge in [0.15, 0.2) is 0 Å². The van der Waals surface area contributed by atoms with Gasteiger partial charge in [-0.3, -0.25) is 0 Å². The monoisotopic (exact) mass is 313 g/mol.